The maximum atomic E-state index is 12.6. The van der Waals surface area contributed by atoms with Gasteiger partial charge in [0.15, 0.2) is 0 Å². The third kappa shape index (κ3) is 5.70. The number of amides is 2. The molecule has 0 aliphatic heterocycles. The van der Waals surface area contributed by atoms with E-state index in [1.807, 2.05) is 30.3 Å². The number of urea groups is 1. The molecule has 1 saturated carbocycles. The van der Waals surface area contributed by atoms with E-state index in [9.17, 15) is 23.1 Å². The Hall–Kier alpha value is -1.76. The molecule has 134 valence electrons. The Balaban J connectivity index is 1.76. The van der Waals surface area contributed by atoms with E-state index in [4.69, 9.17) is 0 Å². The number of carbonyl (C=O) groups is 1. The Morgan fingerprint density at radius 3 is 2.33 bits per heavy atom. The maximum Gasteiger partial charge on any atom is 0.391 e. The Morgan fingerprint density at radius 2 is 1.79 bits per heavy atom. The average molecular weight is 344 g/mol. The molecule has 4 nitrogen and oxygen atoms in total. The van der Waals surface area contributed by atoms with Crippen LogP contribution in [-0.4, -0.2) is 36.0 Å². The van der Waals surface area contributed by atoms with Gasteiger partial charge in [0, 0.05) is 6.04 Å². The minimum absolute atomic E-state index is 0.0435. The highest BCUT2D eigenvalue weighted by molar-refractivity contribution is 5.74. The molecule has 2 rings (SSSR count). The van der Waals surface area contributed by atoms with Gasteiger partial charge in [0.05, 0.1) is 18.6 Å². The van der Waals surface area contributed by atoms with Crippen molar-refractivity contribution in [1.29, 1.82) is 0 Å². The Labute approximate surface area is 139 Å². The van der Waals surface area contributed by atoms with Gasteiger partial charge in [0.25, 0.3) is 0 Å². The van der Waals surface area contributed by atoms with E-state index in [0.29, 0.717) is 19.3 Å². The van der Waals surface area contributed by atoms with Gasteiger partial charge in [-0.15, -0.1) is 0 Å². The SMILES string of the molecule is O=C(NC1CCC(C(F)(F)F)CC1)NC(CO)Cc1ccccc1. The molecule has 1 aliphatic rings. The van der Waals surface area contributed by atoms with Crippen molar-refractivity contribution < 1.29 is 23.1 Å². The molecule has 0 saturated heterocycles. The summed E-state index contributed by atoms with van der Waals surface area (Å²) in [5, 5.41) is 14.8. The maximum absolute atomic E-state index is 12.6. The van der Waals surface area contributed by atoms with E-state index >= 15 is 0 Å². The van der Waals surface area contributed by atoms with Gasteiger partial charge in [0.2, 0.25) is 0 Å². The summed E-state index contributed by atoms with van der Waals surface area (Å²) < 4.78 is 37.9. The van der Waals surface area contributed by atoms with Crippen molar-refractivity contribution in [1.82, 2.24) is 10.6 Å². The lowest BCUT2D eigenvalue weighted by Crippen LogP contribution is -2.49. The second-order valence-electron chi connectivity index (χ2n) is 6.28. The highest BCUT2D eigenvalue weighted by Crippen LogP contribution is 2.37. The minimum atomic E-state index is -4.15. The third-order valence-corrected chi connectivity index (χ3v) is 4.41. The highest BCUT2D eigenvalue weighted by atomic mass is 19.4. The molecule has 1 aliphatic carbocycles. The van der Waals surface area contributed by atoms with Crippen molar-refractivity contribution in [3.05, 3.63) is 35.9 Å². The van der Waals surface area contributed by atoms with Gasteiger partial charge in [-0.25, -0.2) is 4.79 Å². The van der Waals surface area contributed by atoms with Gasteiger partial charge in [-0.05, 0) is 37.7 Å². The summed E-state index contributed by atoms with van der Waals surface area (Å²) in [7, 11) is 0. The molecule has 1 unspecified atom stereocenters. The van der Waals surface area contributed by atoms with Crippen molar-refractivity contribution in [3.63, 3.8) is 0 Å². The van der Waals surface area contributed by atoms with Crippen LogP contribution >= 0.6 is 0 Å². The minimum Gasteiger partial charge on any atom is -0.394 e. The van der Waals surface area contributed by atoms with Crippen molar-refractivity contribution >= 4 is 6.03 Å². The molecule has 24 heavy (non-hydrogen) atoms. The van der Waals surface area contributed by atoms with Crippen LogP contribution in [0.4, 0.5) is 18.0 Å². The number of alkyl halides is 3. The number of halogens is 3. The molecule has 1 aromatic carbocycles. The average Bonchev–Trinajstić information content (AvgIpc) is 2.54. The van der Waals surface area contributed by atoms with Crippen LogP contribution in [0, 0.1) is 5.92 Å². The van der Waals surface area contributed by atoms with E-state index in [1.54, 1.807) is 0 Å². The quantitative estimate of drug-likeness (QED) is 0.769. The first-order chi connectivity index (χ1) is 11.4. The van der Waals surface area contributed by atoms with Crippen molar-refractivity contribution in [2.75, 3.05) is 6.61 Å². The number of carbonyl (C=O) groups excluding carboxylic acids is 1. The largest absolute Gasteiger partial charge is 0.394 e. The van der Waals surface area contributed by atoms with Gasteiger partial charge in [-0.2, -0.15) is 13.2 Å². The van der Waals surface area contributed by atoms with Crippen LogP contribution in [0.3, 0.4) is 0 Å². The number of hydrogen-bond acceptors (Lipinski definition) is 2. The first kappa shape index (κ1) is 18.6. The topological polar surface area (TPSA) is 61.4 Å². The van der Waals surface area contributed by atoms with Gasteiger partial charge in [-0.1, -0.05) is 30.3 Å². The zero-order valence-electron chi connectivity index (χ0n) is 13.4. The second kappa shape index (κ2) is 8.37. The fourth-order valence-electron chi connectivity index (χ4n) is 3.04. The summed E-state index contributed by atoms with van der Waals surface area (Å²) in [6.45, 7) is -0.205. The van der Waals surface area contributed by atoms with Gasteiger partial charge >= 0.3 is 12.2 Å². The molecule has 0 heterocycles. The summed E-state index contributed by atoms with van der Waals surface area (Å²) in [4.78, 5) is 12.0. The van der Waals surface area contributed by atoms with Crippen LogP contribution in [0.2, 0.25) is 0 Å². The van der Waals surface area contributed by atoms with E-state index in [0.717, 1.165) is 5.56 Å². The zero-order valence-corrected chi connectivity index (χ0v) is 13.4. The third-order valence-electron chi connectivity index (χ3n) is 4.41. The van der Waals surface area contributed by atoms with Crippen LogP contribution in [0.1, 0.15) is 31.2 Å². The van der Waals surface area contributed by atoms with Crippen molar-refractivity contribution in [3.8, 4) is 0 Å². The molecular formula is C17H23F3N2O2. The summed E-state index contributed by atoms with van der Waals surface area (Å²) in [6.07, 6.45) is -2.93. The highest BCUT2D eigenvalue weighted by Gasteiger charge is 2.41. The van der Waals surface area contributed by atoms with Crippen molar-refractivity contribution in [2.24, 2.45) is 5.92 Å². The number of nitrogens with one attached hydrogen (secondary N) is 2. The molecule has 1 aromatic rings. The van der Waals surface area contributed by atoms with Crippen molar-refractivity contribution in [2.45, 2.75) is 50.4 Å². The zero-order chi connectivity index (χ0) is 17.6. The van der Waals surface area contributed by atoms with Crippen LogP contribution in [0.15, 0.2) is 30.3 Å². The summed E-state index contributed by atoms with van der Waals surface area (Å²) in [5.74, 6) is -1.26. The fourth-order valence-corrected chi connectivity index (χ4v) is 3.04. The Kier molecular flexibility index (Phi) is 6.48. The molecule has 0 aromatic heterocycles. The number of hydrogen-bond donors (Lipinski definition) is 3. The number of benzene rings is 1. The molecule has 3 N–H and O–H groups in total. The van der Waals surface area contributed by atoms with Gasteiger partial charge < -0.3 is 15.7 Å². The van der Waals surface area contributed by atoms with Gasteiger partial charge in [0.1, 0.15) is 0 Å². The second-order valence-corrected chi connectivity index (χ2v) is 6.28. The molecule has 2 amide bonds. The van der Waals surface area contributed by atoms with Gasteiger partial charge in [-0.3, -0.25) is 0 Å². The lowest BCUT2D eigenvalue weighted by Gasteiger charge is -2.30. The standard InChI is InChI=1S/C17H23F3N2O2/c18-17(19,20)13-6-8-14(9-7-13)21-16(24)22-15(11-23)10-12-4-2-1-3-5-12/h1-5,13-15,23H,6-11H2,(H2,21,22,24). The Bertz CT molecular complexity index is 514. The molecule has 7 heteroatoms. The molecule has 1 atom stereocenters. The molecule has 0 bridgehead atoms. The summed E-state index contributed by atoms with van der Waals surface area (Å²) in [6, 6.07) is 8.32. The van der Waals surface area contributed by atoms with E-state index in [1.165, 1.54) is 0 Å². The molecule has 0 spiro atoms. The summed E-state index contributed by atoms with van der Waals surface area (Å²) in [5.41, 5.74) is 0.988. The first-order valence-corrected chi connectivity index (χ1v) is 8.17. The lowest BCUT2D eigenvalue weighted by atomic mass is 9.85. The number of aliphatic hydroxyl groups excluding tert-OH is 1. The van der Waals surface area contributed by atoms with Crippen LogP contribution in [0.5, 0.6) is 0 Å². The predicted molar refractivity (Wildman–Crippen MR) is 84.5 cm³/mol. The Morgan fingerprint density at radius 1 is 1.17 bits per heavy atom. The smallest absolute Gasteiger partial charge is 0.391 e. The van der Waals surface area contributed by atoms with E-state index < -0.39 is 24.2 Å². The fraction of sp³-hybridized carbons (Fsp3) is 0.588. The van der Waals surface area contributed by atoms with Crippen LogP contribution in [-0.2, 0) is 6.42 Å². The molecular weight excluding hydrogens is 321 g/mol. The number of aliphatic hydroxyl groups is 1. The van der Waals surface area contributed by atoms with E-state index in [-0.39, 0.29) is 25.5 Å². The number of rotatable bonds is 5. The van der Waals surface area contributed by atoms with Crippen LogP contribution in [0.25, 0.3) is 0 Å². The van der Waals surface area contributed by atoms with E-state index in [2.05, 4.69) is 10.6 Å². The van der Waals surface area contributed by atoms with Crippen LogP contribution < -0.4 is 10.6 Å². The summed E-state index contributed by atoms with van der Waals surface area (Å²) >= 11 is 0. The molecule has 1 fully saturated rings. The normalized spacial score (nSPS) is 22.7. The lowest BCUT2D eigenvalue weighted by molar-refractivity contribution is -0.182. The first-order valence-electron chi connectivity index (χ1n) is 8.17. The molecule has 0 radical (unpaired) electrons. The predicted octanol–water partition coefficient (Wildman–Crippen LogP) is 3.01. The monoisotopic (exact) mass is 344 g/mol.